The van der Waals surface area contributed by atoms with E-state index in [1.807, 2.05) is 35.6 Å². The summed E-state index contributed by atoms with van der Waals surface area (Å²) in [6.07, 6.45) is 0. The fraction of sp³-hybridized carbons (Fsp3) is 0.0870. The Labute approximate surface area is 177 Å². The number of amides is 3. The van der Waals surface area contributed by atoms with Gasteiger partial charge in [-0.15, -0.1) is 0 Å². The molecule has 2 N–H and O–H groups in total. The molecule has 3 aromatic carbocycles. The van der Waals surface area contributed by atoms with Gasteiger partial charge in [0.1, 0.15) is 23.7 Å². The Kier molecular flexibility index (Phi) is 7.31. The summed E-state index contributed by atoms with van der Waals surface area (Å²) in [5, 5.41) is 4.16. The van der Waals surface area contributed by atoms with Crippen LogP contribution in [0, 0.1) is 5.82 Å². The molecule has 7 nitrogen and oxygen atoms in total. The zero-order valence-corrected chi connectivity index (χ0v) is 16.3. The maximum Gasteiger partial charge on any atom is 0.342 e. The van der Waals surface area contributed by atoms with Crippen molar-refractivity contribution < 1.29 is 28.2 Å². The van der Waals surface area contributed by atoms with Gasteiger partial charge >= 0.3 is 12.0 Å². The number of anilines is 1. The van der Waals surface area contributed by atoms with Crippen molar-refractivity contribution in [3.63, 3.8) is 0 Å². The molecule has 3 amide bonds. The first-order valence-corrected chi connectivity index (χ1v) is 9.31. The highest BCUT2D eigenvalue weighted by molar-refractivity contribution is 6.02. The van der Waals surface area contributed by atoms with Gasteiger partial charge in [-0.25, -0.2) is 14.0 Å². The van der Waals surface area contributed by atoms with Crippen molar-refractivity contribution in [3.8, 4) is 5.75 Å². The number of carbonyl (C=O) groups excluding carboxylic acids is 3. The largest absolute Gasteiger partial charge is 0.488 e. The fourth-order valence-electron chi connectivity index (χ4n) is 2.58. The lowest BCUT2D eigenvalue weighted by atomic mass is 10.2. The standard InChI is InChI=1S/C23H19FN2O5/c24-18-11-5-6-12-19(18)25-23(29)26-21(27)15-31-22(28)17-10-4-7-13-20(17)30-14-16-8-2-1-3-9-16/h1-13H,14-15H2,(H2,25,26,27,29). The molecular weight excluding hydrogens is 403 g/mol. The highest BCUT2D eigenvalue weighted by atomic mass is 19.1. The Hall–Kier alpha value is -4.20. The number of para-hydroxylation sites is 2. The Morgan fingerprint density at radius 1 is 0.839 bits per heavy atom. The second-order valence-electron chi connectivity index (χ2n) is 6.33. The summed E-state index contributed by atoms with van der Waals surface area (Å²) in [6.45, 7) is -0.446. The summed E-state index contributed by atoms with van der Waals surface area (Å²) in [5.74, 6) is -2.00. The van der Waals surface area contributed by atoms with Crippen molar-refractivity contribution in [3.05, 3.63) is 95.8 Å². The first-order chi connectivity index (χ1) is 15.0. The Balaban J connectivity index is 1.51. The number of imide groups is 1. The molecule has 0 aliphatic rings. The maximum atomic E-state index is 13.5. The number of halogens is 1. The van der Waals surface area contributed by atoms with E-state index in [1.165, 1.54) is 24.3 Å². The van der Waals surface area contributed by atoms with E-state index in [4.69, 9.17) is 9.47 Å². The second-order valence-corrected chi connectivity index (χ2v) is 6.33. The van der Waals surface area contributed by atoms with Gasteiger partial charge in [-0.3, -0.25) is 10.1 Å². The van der Waals surface area contributed by atoms with E-state index in [-0.39, 0.29) is 17.9 Å². The predicted molar refractivity (Wildman–Crippen MR) is 111 cm³/mol. The maximum absolute atomic E-state index is 13.5. The number of nitrogens with one attached hydrogen (secondary N) is 2. The van der Waals surface area contributed by atoms with E-state index in [2.05, 4.69) is 5.32 Å². The second kappa shape index (κ2) is 10.5. The van der Waals surface area contributed by atoms with Gasteiger partial charge in [-0.05, 0) is 29.8 Å². The molecule has 0 aliphatic carbocycles. The van der Waals surface area contributed by atoms with Gasteiger partial charge in [-0.2, -0.15) is 0 Å². The molecule has 0 unspecified atom stereocenters. The van der Waals surface area contributed by atoms with E-state index in [1.54, 1.807) is 18.2 Å². The Morgan fingerprint density at radius 3 is 2.29 bits per heavy atom. The van der Waals surface area contributed by atoms with E-state index in [0.29, 0.717) is 5.75 Å². The van der Waals surface area contributed by atoms with Gasteiger partial charge < -0.3 is 14.8 Å². The summed E-state index contributed by atoms with van der Waals surface area (Å²) >= 11 is 0. The van der Waals surface area contributed by atoms with Crippen molar-refractivity contribution in [2.45, 2.75) is 6.61 Å². The number of hydrogen-bond donors (Lipinski definition) is 2. The first-order valence-electron chi connectivity index (χ1n) is 9.31. The van der Waals surface area contributed by atoms with Crippen LogP contribution in [0.4, 0.5) is 14.9 Å². The topological polar surface area (TPSA) is 93.7 Å². The lowest BCUT2D eigenvalue weighted by molar-refractivity contribution is -0.123. The number of rotatable bonds is 7. The highest BCUT2D eigenvalue weighted by Gasteiger charge is 2.17. The molecule has 0 bridgehead atoms. The zero-order chi connectivity index (χ0) is 22.1. The van der Waals surface area contributed by atoms with Crippen LogP contribution in [0.2, 0.25) is 0 Å². The molecule has 0 saturated heterocycles. The van der Waals surface area contributed by atoms with Crippen LogP contribution in [0.25, 0.3) is 0 Å². The molecule has 0 aromatic heterocycles. The SMILES string of the molecule is O=C(COC(=O)c1ccccc1OCc1ccccc1)NC(=O)Nc1ccccc1F. The van der Waals surface area contributed by atoms with Crippen LogP contribution in [0.5, 0.6) is 5.75 Å². The summed E-state index contributed by atoms with van der Waals surface area (Å²) in [5.41, 5.74) is 0.974. The van der Waals surface area contributed by atoms with Crippen LogP contribution in [-0.4, -0.2) is 24.5 Å². The zero-order valence-electron chi connectivity index (χ0n) is 16.3. The third kappa shape index (κ3) is 6.40. The number of urea groups is 1. The lowest BCUT2D eigenvalue weighted by Gasteiger charge is -2.11. The predicted octanol–water partition coefficient (Wildman–Crippen LogP) is 3.91. The minimum Gasteiger partial charge on any atom is -0.488 e. The molecule has 0 aliphatic heterocycles. The van der Waals surface area contributed by atoms with E-state index in [9.17, 15) is 18.8 Å². The molecule has 31 heavy (non-hydrogen) atoms. The molecule has 0 fully saturated rings. The fourth-order valence-corrected chi connectivity index (χ4v) is 2.58. The van der Waals surface area contributed by atoms with Crippen LogP contribution in [-0.2, 0) is 16.1 Å². The summed E-state index contributed by atoms with van der Waals surface area (Å²) in [6, 6.07) is 20.4. The minimum atomic E-state index is -0.947. The third-order valence-electron chi connectivity index (χ3n) is 4.05. The molecular formula is C23H19FN2O5. The number of esters is 1. The van der Waals surface area contributed by atoms with Gasteiger partial charge in [0.25, 0.3) is 5.91 Å². The average Bonchev–Trinajstić information content (AvgIpc) is 2.78. The van der Waals surface area contributed by atoms with Crippen molar-refractivity contribution in [1.82, 2.24) is 5.32 Å². The highest BCUT2D eigenvalue weighted by Crippen LogP contribution is 2.20. The van der Waals surface area contributed by atoms with Gasteiger partial charge in [0.05, 0.1) is 5.69 Å². The number of hydrogen-bond acceptors (Lipinski definition) is 5. The Bertz CT molecular complexity index is 1070. The first kappa shape index (κ1) is 21.5. The molecule has 8 heteroatoms. The quantitative estimate of drug-likeness (QED) is 0.563. The van der Waals surface area contributed by atoms with Crippen molar-refractivity contribution >= 4 is 23.6 Å². The van der Waals surface area contributed by atoms with Gasteiger partial charge in [0, 0.05) is 0 Å². The number of carbonyl (C=O) groups is 3. The van der Waals surface area contributed by atoms with Crippen LogP contribution in [0.3, 0.4) is 0 Å². The average molecular weight is 422 g/mol. The van der Waals surface area contributed by atoms with Crippen molar-refractivity contribution in [2.75, 3.05) is 11.9 Å². The lowest BCUT2D eigenvalue weighted by Crippen LogP contribution is -2.37. The van der Waals surface area contributed by atoms with Crippen LogP contribution in [0.1, 0.15) is 15.9 Å². The van der Waals surface area contributed by atoms with Crippen LogP contribution >= 0.6 is 0 Å². The van der Waals surface area contributed by atoms with E-state index >= 15 is 0 Å². The summed E-state index contributed by atoms with van der Waals surface area (Å²) in [4.78, 5) is 36.0. The monoisotopic (exact) mass is 422 g/mol. The summed E-state index contributed by atoms with van der Waals surface area (Å²) < 4.78 is 24.2. The van der Waals surface area contributed by atoms with Crippen LogP contribution < -0.4 is 15.4 Å². The molecule has 158 valence electrons. The number of ether oxygens (including phenoxy) is 2. The molecule has 0 radical (unpaired) electrons. The molecule has 0 saturated carbocycles. The van der Waals surface area contributed by atoms with E-state index in [0.717, 1.165) is 11.6 Å². The molecule has 0 heterocycles. The molecule has 3 rings (SSSR count). The van der Waals surface area contributed by atoms with Gasteiger partial charge in [0.2, 0.25) is 0 Å². The van der Waals surface area contributed by atoms with Crippen molar-refractivity contribution in [1.29, 1.82) is 0 Å². The van der Waals surface area contributed by atoms with Crippen molar-refractivity contribution in [2.24, 2.45) is 0 Å². The van der Waals surface area contributed by atoms with E-state index < -0.39 is 30.3 Å². The summed E-state index contributed by atoms with van der Waals surface area (Å²) in [7, 11) is 0. The molecule has 0 spiro atoms. The van der Waals surface area contributed by atoms with Gasteiger partial charge in [-0.1, -0.05) is 54.6 Å². The minimum absolute atomic E-state index is 0.0886. The number of benzene rings is 3. The smallest absolute Gasteiger partial charge is 0.342 e. The third-order valence-corrected chi connectivity index (χ3v) is 4.05. The van der Waals surface area contributed by atoms with Crippen LogP contribution in [0.15, 0.2) is 78.9 Å². The normalized spacial score (nSPS) is 10.1. The Morgan fingerprint density at radius 2 is 1.52 bits per heavy atom. The van der Waals surface area contributed by atoms with Gasteiger partial charge in [0.15, 0.2) is 6.61 Å². The molecule has 3 aromatic rings. The molecule has 0 atom stereocenters.